The number of ether oxygens (including phenoxy) is 2. The van der Waals surface area contributed by atoms with E-state index in [2.05, 4.69) is 5.32 Å². The van der Waals surface area contributed by atoms with Crippen LogP contribution in [0.25, 0.3) is 0 Å². The number of carbonyl (C=O) groups excluding carboxylic acids is 1. The molecule has 23 heavy (non-hydrogen) atoms. The Hall–Kier alpha value is -1.43. The molecule has 0 aromatic heterocycles. The van der Waals surface area contributed by atoms with E-state index < -0.39 is 6.10 Å². The van der Waals surface area contributed by atoms with E-state index in [-0.39, 0.29) is 12.4 Å². The van der Waals surface area contributed by atoms with Crippen LogP contribution in [-0.4, -0.2) is 42.8 Å². The van der Waals surface area contributed by atoms with Crippen LogP contribution >= 0.6 is 0 Å². The summed E-state index contributed by atoms with van der Waals surface area (Å²) in [5.74, 6) is 0.657. The van der Waals surface area contributed by atoms with E-state index in [4.69, 9.17) is 9.47 Å². The molecule has 0 unspecified atom stereocenters. The first-order valence-corrected chi connectivity index (χ1v) is 8.19. The lowest BCUT2D eigenvalue weighted by atomic mass is 10.1. The van der Waals surface area contributed by atoms with Gasteiger partial charge >= 0.3 is 0 Å². The first-order valence-electron chi connectivity index (χ1n) is 8.19. The highest BCUT2D eigenvalue weighted by atomic mass is 16.5. The summed E-state index contributed by atoms with van der Waals surface area (Å²) in [6.45, 7) is 9.35. The second kappa shape index (κ2) is 10.4. The van der Waals surface area contributed by atoms with Gasteiger partial charge in [-0.3, -0.25) is 4.79 Å². The minimum absolute atomic E-state index is 0.00876. The fourth-order valence-electron chi connectivity index (χ4n) is 2.00. The summed E-state index contributed by atoms with van der Waals surface area (Å²) in [7, 11) is 0. The molecule has 0 heterocycles. The molecule has 0 radical (unpaired) electrons. The van der Waals surface area contributed by atoms with Crippen molar-refractivity contribution in [1.82, 2.24) is 5.32 Å². The maximum absolute atomic E-state index is 11.5. The van der Waals surface area contributed by atoms with Crippen molar-refractivity contribution in [3.8, 4) is 5.75 Å². The molecule has 1 atom stereocenters. The Balaban J connectivity index is 2.69. The second-order valence-corrected chi connectivity index (χ2v) is 5.96. The number of nitrogens with one attached hydrogen (secondary N) is 1. The molecule has 0 aliphatic carbocycles. The predicted molar refractivity (Wildman–Crippen MR) is 91.0 cm³/mol. The van der Waals surface area contributed by atoms with Gasteiger partial charge in [-0.05, 0) is 31.5 Å². The van der Waals surface area contributed by atoms with Crippen LogP contribution in [0.2, 0.25) is 0 Å². The third kappa shape index (κ3) is 7.59. The lowest BCUT2D eigenvalue weighted by molar-refractivity contribution is 0.0964. The molecule has 0 spiro atoms. The van der Waals surface area contributed by atoms with Gasteiger partial charge < -0.3 is 19.9 Å². The number of ketones is 1. The van der Waals surface area contributed by atoms with Gasteiger partial charge in [0.15, 0.2) is 5.78 Å². The number of aliphatic hydroxyl groups is 1. The lowest BCUT2D eigenvalue weighted by Crippen LogP contribution is -2.35. The van der Waals surface area contributed by atoms with Gasteiger partial charge in [0.1, 0.15) is 18.5 Å². The average Bonchev–Trinajstić information content (AvgIpc) is 2.51. The Bertz CT molecular complexity index is 488. The molecule has 1 aromatic carbocycles. The zero-order chi connectivity index (χ0) is 17.2. The van der Waals surface area contributed by atoms with E-state index in [1.807, 2.05) is 20.8 Å². The normalized spacial score (nSPS) is 12.4. The topological polar surface area (TPSA) is 67.8 Å². The smallest absolute Gasteiger partial charge is 0.159 e. The maximum Gasteiger partial charge on any atom is 0.159 e. The number of benzene rings is 1. The summed E-state index contributed by atoms with van der Waals surface area (Å²) in [6, 6.07) is 5.62. The zero-order valence-electron chi connectivity index (χ0n) is 14.6. The van der Waals surface area contributed by atoms with Gasteiger partial charge in [0.05, 0.1) is 6.61 Å². The van der Waals surface area contributed by atoms with Gasteiger partial charge in [0.25, 0.3) is 0 Å². The van der Waals surface area contributed by atoms with E-state index in [0.717, 1.165) is 12.0 Å². The fraction of sp³-hybridized carbons (Fsp3) is 0.611. The number of hydrogen-bond donors (Lipinski definition) is 2. The quantitative estimate of drug-likeness (QED) is 0.484. The van der Waals surface area contributed by atoms with E-state index in [1.165, 1.54) is 6.92 Å². The number of rotatable bonds is 11. The van der Waals surface area contributed by atoms with Crippen LogP contribution in [-0.2, 0) is 11.3 Å². The maximum atomic E-state index is 11.5. The first-order chi connectivity index (χ1) is 10.9. The highest BCUT2D eigenvalue weighted by Crippen LogP contribution is 2.22. The predicted octanol–water partition coefficient (Wildman–Crippen LogP) is 2.55. The van der Waals surface area contributed by atoms with E-state index in [9.17, 15) is 9.90 Å². The fourth-order valence-corrected chi connectivity index (χ4v) is 2.00. The van der Waals surface area contributed by atoms with Crippen LogP contribution in [0.15, 0.2) is 18.2 Å². The molecule has 0 aliphatic rings. The van der Waals surface area contributed by atoms with Crippen LogP contribution in [0.4, 0.5) is 0 Å². The van der Waals surface area contributed by atoms with Crippen molar-refractivity contribution in [2.75, 3.05) is 19.8 Å². The summed E-state index contributed by atoms with van der Waals surface area (Å²) in [5, 5.41) is 13.1. The molecule has 2 N–H and O–H groups in total. The summed E-state index contributed by atoms with van der Waals surface area (Å²) < 4.78 is 11.3. The third-order valence-electron chi connectivity index (χ3n) is 3.27. The van der Waals surface area contributed by atoms with Crippen LogP contribution in [0.5, 0.6) is 5.75 Å². The summed E-state index contributed by atoms with van der Waals surface area (Å²) in [4.78, 5) is 11.5. The molecule has 1 rings (SSSR count). The monoisotopic (exact) mass is 323 g/mol. The molecule has 0 saturated heterocycles. The molecule has 0 aliphatic heterocycles. The Labute approximate surface area is 139 Å². The second-order valence-electron chi connectivity index (χ2n) is 5.96. The molecule has 130 valence electrons. The molecule has 0 bridgehead atoms. The van der Waals surface area contributed by atoms with Crippen molar-refractivity contribution in [2.24, 2.45) is 0 Å². The van der Waals surface area contributed by atoms with Gasteiger partial charge in [-0.25, -0.2) is 0 Å². The first kappa shape index (κ1) is 19.6. The SMILES string of the molecule is CCCOCc1cc(C(C)=O)ccc1OC[C@@H](O)CNC(C)C. The summed E-state index contributed by atoms with van der Waals surface area (Å²) in [5.41, 5.74) is 1.46. The van der Waals surface area contributed by atoms with Gasteiger partial charge in [0, 0.05) is 30.3 Å². The van der Waals surface area contributed by atoms with Gasteiger partial charge in [-0.15, -0.1) is 0 Å². The zero-order valence-corrected chi connectivity index (χ0v) is 14.6. The minimum atomic E-state index is -0.589. The number of hydrogen-bond acceptors (Lipinski definition) is 5. The number of carbonyl (C=O) groups is 1. The number of aliphatic hydroxyl groups excluding tert-OH is 1. The number of Topliss-reactive ketones (excluding diaryl/α,β-unsaturated/α-hetero) is 1. The Morgan fingerprint density at radius 3 is 2.70 bits per heavy atom. The standard InChI is InChI=1S/C18H29NO4/c1-5-8-22-11-16-9-15(14(4)20)6-7-18(16)23-12-17(21)10-19-13(2)3/h6-7,9,13,17,19,21H,5,8,10-12H2,1-4H3/t17-/m0/s1. The molecule has 0 fully saturated rings. The van der Waals surface area contributed by atoms with Crippen LogP contribution in [0, 0.1) is 0 Å². The van der Waals surface area contributed by atoms with Crippen molar-refractivity contribution < 1.29 is 19.4 Å². The molecule has 0 saturated carbocycles. The molecule has 5 heteroatoms. The van der Waals surface area contributed by atoms with Crippen molar-refractivity contribution in [1.29, 1.82) is 0 Å². The van der Waals surface area contributed by atoms with Crippen LogP contribution in [0.3, 0.4) is 0 Å². The van der Waals surface area contributed by atoms with Crippen LogP contribution < -0.4 is 10.1 Å². The van der Waals surface area contributed by atoms with Gasteiger partial charge in [-0.1, -0.05) is 20.8 Å². The largest absolute Gasteiger partial charge is 0.490 e. The minimum Gasteiger partial charge on any atom is -0.490 e. The van der Waals surface area contributed by atoms with E-state index >= 15 is 0 Å². The van der Waals surface area contributed by atoms with Crippen molar-refractivity contribution in [3.05, 3.63) is 29.3 Å². The third-order valence-corrected chi connectivity index (χ3v) is 3.27. The van der Waals surface area contributed by atoms with E-state index in [1.54, 1.807) is 18.2 Å². The highest BCUT2D eigenvalue weighted by Gasteiger charge is 2.11. The Morgan fingerprint density at radius 2 is 2.09 bits per heavy atom. The van der Waals surface area contributed by atoms with Gasteiger partial charge in [0.2, 0.25) is 0 Å². The van der Waals surface area contributed by atoms with Crippen molar-refractivity contribution >= 4 is 5.78 Å². The molecular weight excluding hydrogens is 294 g/mol. The highest BCUT2D eigenvalue weighted by molar-refractivity contribution is 5.94. The summed E-state index contributed by atoms with van der Waals surface area (Å²) in [6.07, 6.45) is 0.344. The molecular formula is C18H29NO4. The molecule has 0 amide bonds. The van der Waals surface area contributed by atoms with E-state index in [0.29, 0.717) is 37.1 Å². The summed E-state index contributed by atoms with van der Waals surface area (Å²) >= 11 is 0. The molecule has 5 nitrogen and oxygen atoms in total. The average molecular weight is 323 g/mol. The van der Waals surface area contributed by atoms with Crippen LogP contribution in [0.1, 0.15) is 50.0 Å². The van der Waals surface area contributed by atoms with Crippen molar-refractivity contribution in [3.63, 3.8) is 0 Å². The van der Waals surface area contributed by atoms with Gasteiger partial charge in [-0.2, -0.15) is 0 Å². The molecule has 1 aromatic rings. The Morgan fingerprint density at radius 1 is 1.35 bits per heavy atom. The Kier molecular flexibility index (Phi) is 8.84. The lowest BCUT2D eigenvalue weighted by Gasteiger charge is -2.17. The van der Waals surface area contributed by atoms with Crippen molar-refractivity contribution in [2.45, 2.75) is 52.9 Å².